The first-order valence-electron chi connectivity index (χ1n) is 15.5. The van der Waals surface area contributed by atoms with Crippen LogP contribution in [0.5, 0.6) is 0 Å². The van der Waals surface area contributed by atoms with Gasteiger partial charge in [-0.05, 0) is 66.1 Å². The van der Waals surface area contributed by atoms with Crippen molar-refractivity contribution >= 4 is 0 Å². The molecule has 0 heterocycles. The molecular weight excluding hydrogens is 481 g/mol. The van der Waals surface area contributed by atoms with Crippen molar-refractivity contribution in [2.45, 2.75) is 163 Å². The third-order valence-electron chi connectivity index (χ3n) is 4.92. The summed E-state index contributed by atoms with van der Waals surface area (Å²) in [5.41, 5.74) is 0. The van der Waals surface area contributed by atoms with Crippen LogP contribution >= 0.6 is 0 Å². The Morgan fingerprint density at radius 1 is 0.500 bits per heavy atom. The summed E-state index contributed by atoms with van der Waals surface area (Å²) in [4.78, 5) is 0. The lowest BCUT2D eigenvalue weighted by atomic mass is 10.0. The highest BCUT2D eigenvalue weighted by atomic mass is 19.4. The van der Waals surface area contributed by atoms with Crippen molar-refractivity contribution in [3.63, 3.8) is 0 Å². The minimum Gasteiger partial charge on any atom is -0.396 e. The molecule has 0 aromatic rings. The smallest absolute Gasteiger partial charge is 0.389 e. The average Bonchev–Trinajstić information content (AvgIpc) is 2.65. The van der Waals surface area contributed by atoms with Gasteiger partial charge in [0.1, 0.15) is 0 Å². The van der Waals surface area contributed by atoms with E-state index in [1.165, 1.54) is 12.8 Å². The van der Waals surface area contributed by atoms with E-state index in [4.69, 9.17) is 5.11 Å². The van der Waals surface area contributed by atoms with E-state index in [2.05, 4.69) is 118 Å². The molecule has 0 fully saturated rings. The molecule has 0 saturated carbocycles. The van der Waals surface area contributed by atoms with Crippen molar-refractivity contribution < 1.29 is 18.3 Å². The summed E-state index contributed by atoms with van der Waals surface area (Å²) in [6, 6.07) is 0. The highest BCUT2D eigenvalue weighted by molar-refractivity contribution is 4.53. The first-order chi connectivity index (χ1) is 16.9. The van der Waals surface area contributed by atoms with E-state index in [-0.39, 0.29) is 5.92 Å². The molecule has 1 nitrogen and oxygen atoms in total. The van der Waals surface area contributed by atoms with Gasteiger partial charge in [-0.15, -0.1) is 0 Å². The Balaban J connectivity index is -0.0000000821. The first-order valence-corrected chi connectivity index (χ1v) is 15.5. The van der Waals surface area contributed by atoms with Gasteiger partial charge in [-0.2, -0.15) is 13.2 Å². The third-order valence-corrected chi connectivity index (χ3v) is 4.92. The van der Waals surface area contributed by atoms with E-state index in [9.17, 15) is 13.2 Å². The molecule has 0 aromatic heterocycles. The Kier molecular flexibility index (Phi) is 43.9. The quantitative estimate of drug-likeness (QED) is 0.314. The van der Waals surface area contributed by atoms with Crippen LogP contribution < -0.4 is 0 Å². The van der Waals surface area contributed by atoms with Crippen LogP contribution in [0, 0.1) is 53.3 Å². The minimum absolute atomic E-state index is 0.282. The topological polar surface area (TPSA) is 20.2 Å². The normalized spacial score (nSPS) is 11.8. The molecule has 0 saturated heterocycles. The zero-order valence-corrected chi connectivity index (χ0v) is 29.8. The predicted molar refractivity (Wildman–Crippen MR) is 171 cm³/mol. The Labute approximate surface area is 241 Å². The van der Waals surface area contributed by atoms with Crippen LogP contribution in [0.25, 0.3) is 0 Å². The van der Waals surface area contributed by atoms with Crippen molar-refractivity contribution in [3.8, 4) is 0 Å². The number of aliphatic hydroxyl groups is 1. The average molecular weight is 559 g/mol. The summed E-state index contributed by atoms with van der Waals surface area (Å²) in [7, 11) is 0. The van der Waals surface area contributed by atoms with E-state index >= 15 is 0 Å². The maximum absolute atomic E-state index is 11.3. The lowest BCUT2D eigenvalue weighted by Gasteiger charge is -2.08. The Morgan fingerprint density at radius 2 is 0.763 bits per heavy atom. The molecule has 240 valence electrons. The fourth-order valence-corrected chi connectivity index (χ4v) is 2.28. The lowest BCUT2D eigenvalue weighted by molar-refractivity contribution is -0.141. The van der Waals surface area contributed by atoms with Crippen LogP contribution in [0.15, 0.2) is 0 Å². The summed E-state index contributed by atoms with van der Waals surface area (Å²) in [6.07, 6.45) is -0.850. The van der Waals surface area contributed by atoms with Crippen LogP contribution in [-0.2, 0) is 0 Å². The second kappa shape index (κ2) is 33.0. The van der Waals surface area contributed by atoms with Crippen molar-refractivity contribution in [2.75, 3.05) is 6.61 Å². The summed E-state index contributed by atoms with van der Waals surface area (Å²) in [5, 5.41) is 8.58. The molecule has 0 rings (SSSR count). The number of rotatable bonds is 8. The van der Waals surface area contributed by atoms with Crippen LogP contribution in [0.1, 0.15) is 157 Å². The fourth-order valence-electron chi connectivity index (χ4n) is 2.28. The number of halogens is 3. The highest BCUT2D eigenvalue weighted by Gasteiger charge is 2.27. The first kappa shape index (κ1) is 50.6. The number of aliphatic hydroxyl groups excluding tert-OH is 1. The number of alkyl halides is 3. The number of hydrogen-bond acceptors (Lipinski definition) is 1. The van der Waals surface area contributed by atoms with Gasteiger partial charge in [0, 0.05) is 13.0 Å². The number of hydrogen-bond donors (Lipinski definition) is 1. The monoisotopic (exact) mass is 559 g/mol. The molecular formula is C34H77F3O. The van der Waals surface area contributed by atoms with Gasteiger partial charge in [0.25, 0.3) is 0 Å². The van der Waals surface area contributed by atoms with Gasteiger partial charge in [-0.1, -0.05) is 138 Å². The van der Waals surface area contributed by atoms with Crippen LogP contribution in [-0.4, -0.2) is 17.9 Å². The molecule has 0 aliphatic rings. The van der Waals surface area contributed by atoms with Gasteiger partial charge in [0.05, 0.1) is 0 Å². The standard InChI is InChI=1S/C7H16O.C7H16.C6H14.C5H9F3.C5H12.C4H10/c1-6(2)4-7(3)5-8;1-6(2)5-7(3)4;1-5(2)6(3)4;1-4(2)3-5(6,7)8;1-4-5(2)3;1-4(2)3/h6-8H,4-5H2,1-3H3;6-7H,5H2,1-4H3;5-6H,1-4H3;4H,3H2,1-2H3;5H,4H2,1-3H3;4H,1-3H3. The summed E-state index contributed by atoms with van der Waals surface area (Å²) < 4.78 is 33.9. The van der Waals surface area contributed by atoms with Gasteiger partial charge >= 0.3 is 6.18 Å². The van der Waals surface area contributed by atoms with Crippen LogP contribution in [0.2, 0.25) is 0 Å². The minimum atomic E-state index is -3.98. The van der Waals surface area contributed by atoms with Crippen LogP contribution in [0.3, 0.4) is 0 Å². The molecule has 0 aliphatic carbocycles. The molecule has 0 bridgehead atoms. The summed E-state index contributed by atoms with van der Waals surface area (Å²) in [6.45, 7) is 41.0. The molecule has 0 aromatic carbocycles. The van der Waals surface area contributed by atoms with Gasteiger partial charge in [-0.3, -0.25) is 0 Å². The van der Waals surface area contributed by atoms with E-state index in [0.29, 0.717) is 12.5 Å². The lowest BCUT2D eigenvalue weighted by Crippen LogP contribution is -2.10. The van der Waals surface area contributed by atoms with E-state index in [0.717, 1.165) is 47.8 Å². The fraction of sp³-hybridized carbons (Fsp3) is 1.00. The molecule has 0 amide bonds. The largest absolute Gasteiger partial charge is 0.396 e. The second-order valence-corrected chi connectivity index (χ2v) is 14.2. The Bertz CT molecular complexity index is 380. The van der Waals surface area contributed by atoms with Gasteiger partial charge < -0.3 is 5.11 Å². The molecule has 0 radical (unpaired) electrons. The Morgan fingerprint density at radius 3 is 0.789 bits per heavy atom. The van der Waals surface area contributed by atoms with Gasteiger partial charge in [-0.25, -0.2) is 0 Å². The molecule has 4 heteroatoms. The van der Waals surface area contributed by atoms with E-state index < -0.39 is 12.6 Å². The summed E-state index contributed by atoms with van der Waals surface area (Å²) >= 11 is 0. The molecule has 1 unspecified atom stereocenters. The van der Waals surface area contributed by atoms with Crippen molar-refractivity contribution in [1.82, 2.24) is 0 Å². The molecule has 0 spiro atoms. The maximum atomic E-state index is 11.3. The van der Waals surface area contributed by atoms with Crippen molar-refractivity contribution in [3.05, 3.63) is 0 Å². The molecule has 1 N–H and O–H groups in total. The van der Waals surface area contributed by atoms with Crippen LogP contribution in [0.4, 0.5) is 13.2 Å². The zero-order chi connectivity index (χ0) is 32.2. The maximum Gasteiger partial charge on any atom is 0.389 e. The van der Waals surface area contributed by atoms with E-state index in [1.807, 2.05) is 0 Å². The highest BCUT2D eigenvalue weighted by Crippen LogP contribution is 2.23. The zero-order valence-electron chi connectivity index (χ0n) is 29.8. The van der Waals surface area contributed by atoms with E-state index in [1.54, 1.807) is 13.8 Å². The molecule has 1 atom stereocenters. The SMILES string of the molecule is CC(C)C.CC(C)C(C)C.CC(C)CC(C)C.CC(C)CC(C)CO.CC(C)CC(F)(F)F.CCC(C)C. The second-order valence-electron chi connectivity index (χ2n) is 14.2. The Hall–Kier alpha value is -0.250. The van der Waals surface area contributed by atoms with Gasteiger partial charge in [0.2, 0.25) is 0 Å². The third kappa shape index (κ3) is 100. The van der Waals surface area contributed by atoms with Gasteiger partial charge in [0.15, 0.2) is 0 Å². The molecule has 0 aliphatic heterocycles. The predicted octanol–water partition coefficient (Wildman–Crippen LogP) is 13.0. The summed E-state index contributed by atoms with van der Waals surface area (Å²) in [5.74, 6) is 6.09. The molecule has 38 heavy (non-hydrogen) atoms. The van der Waals surface area contributed by atoms with Crippen molar-refractivity contribution in [1.29, 1.82) is 0 Å². The van der Waals surface area contributed by atoms with Crippen molar-refractivity contribution in [2.24, 2.45) is 53.3 Å².